The Balaban J connectivity index is 2.09. The predicted octanol–water partition coefficient (Wildman–Crippen LogP) is 2.27. The second-order valence-corrected chi connectivity index (χ2v) is 5.14. The van der Waals surface area contributed by atoms with Gasteiger partial charge in [0.15, 0.2) is 11.5 Å². The summed E-state index contributed by atoms with van der Waals surface area (Å²) in [4.78, 5) is 21.1. The van der Waals surface area contributed by atoms with E-state index in [4.69, 9.17) is 5.73 Å². The molecule has 20 heavy (non-hydrogen) atoms. The third-order valence-electron chi connectivity index (χ3n) is 2.91. The van der Waals surface area contributed by atoms with Crippen LogP contribution >= 0.6 is 11.8 Å². The van der Waals surface area contributed by atoms with Crippen molar-refractivity contribution in [3.63, 3.8) is 0 Å². The van der Waals surface area contributed by atoms with Crippen LogP contribution in [0.1, 0.15) is 29.0 Å². The molecule has 1 aromatic carbocycles. The maximum Gasteiger partial charge on any atom is 0.274 e. The van der Waals surface area contributed by atoms with E-state index in [0.717, 1.165) is 5.56 Å². The first kappa shape index (κ1) is 14.3. The molecule has 1 atom stereocenters. The zero-order chi connectivity index (χ0) is 14.5. The standard InChI is InChI=1S/C14H16N4OS/c1-9(10-3-5-11(20-2)6-4-10)18-14(19)12-13(15)17-8-7-16-12/h3-9H,1-2H3,(H2,15,17)(H,18,19)/t9-/m0/s1. The molecular formula is C14H16N4OS. The van der Waals surface area contributed by atoms with Crippen molar-refractivity contribution in [1.82, 2.24) is 15.3 Å². The maximum absolute atomic E-state index is 12.1. The summed E-state index contributed by atoms with van der Waals surface area (Å²) < 4.78 is 0. The lowest BCUT2D eigenvalue weighted by Crippen LogP contribution is -2.28. The van der Waals surface area contributed by atoms with Crippen molar-refractivity contribution in [2.75, 3.05) is 12.0 Å². The Morgan fingerprint density at radius 1 is 1.25 bits per heavy atom. The highest BCUT2D eigenvalue weighted by Crippen LogP contribution is 2.19. The van der Waals surface area contributed by atoms with Gasteiger partial charge in [0, 0.05) is 17.3 Å². The molecule has 0 fully saturated rings. The predicted molar refractivity (Wildman–Crippen MR) is 80.5 cm³/mol. The van der Waals surface area contributed by atoms with Crippen LogP contribution in [0.5, 0.6) is 0 Å². The van der Waals surface area contributed by atoms with Crippen LogP contribution in [0.15, 0.2) is 41.6 Å². The molecule has 0 bridgehead atoms. The average Bonchev–Trinajstić information content (AvgIpc) is 2.47. The molecule has 0 aliphatic heterocycles. The van der Waals surface area contributed by atoms with Crippen molar-refractivity contribution >= 4 is 23.5 Å². The third-order valence-corrected chi connectivity index (χ3v) is 3.65. The van der Waals surface area contributed by atoms with Gasteiger partial charge in [-0.15, -0.1) is 11.8 Å². The Morgan fingerprint density at radius 2 is 1.90 bits per heavy atom. The molecule has 5 nitrogen and oxygen atoms in total. The van der Waals surface area contributed by atoms with Gasteiger partial charge in [-0.1, -0.05) is 12.1 Å². The van der Waals surface area contributed by atoms with Gasteiger partial charge < -0.3 is 11.1 Å². The molecule has 1 heterocycles. The molecule has 1 aromatic heterocycles. The molecule has 2 aromatic rings. The summed E-state index contributed by atoms with van der Waals surface area (Å²) in [5, 5.41) is 2.86. The van der Waals surface area contributed by atoms with E-state index in [1.807, 2.05) is 37.4 Å². The lowest BCUT2D eigenvalue weighted by molar-refractivity contribution is 0.0935. The van der Waals surface area contributed by atoms with Gasteiger partial charge in [-0.25, -0.2) is 9.97 Å². The van der Waals surface area contributed by atoms with E-state index in [1.54, 1.807) is 11.8 Å². The number of nitrogens with one attached hydrogen (secondary N) is 1. The summed E-state index contributed by atoms with van der Waals surface area (Å²) >= 11 is 1.68. The molecule has 0 unspecified atom stereocenters. The van der Waals surface area contributed by atoms with E-state index >= 15 is 0 Å². The number of anilines is 1. The fourth-order valence-electron chi connectivity index (χ4n) is 1.76. The number of carbonyl (C=O) groups excluding carboxylic acids is 1. The molecule has 0 aliphatic rings. The molecule has 0 radical (unpaired) electrons. The number of hydrogen-bond donors (Lipinski definition) is 2. The first-order valence-corrected chi connectivity index (χ1v) is 7.35. The van der Waals surface area contributed by atoms with Crippen LogP contribution in [0.4, 0.5) is 5.82 Å². The van der Waals surface area contributed by atoms with Gasteiger partial charge in [-0.2, -0.15) is 0 Å². The fourth-order valence-corrected chi connectivity index (χ4v) is 2.17. The van der Waals surface area contributed by atoms with Crippen LogP contribution in [0, 0.1) is 0 Å². The van der Waals surface area contributed by atoms with Crippen molar-refractivity contribution in [2.24, 2.45) is 0 Å². The summed E-state index contributed by atoms with van der Waals surface area (Å²) in [6.07, 6.45) is 4.93. The number of nitrogen functional groups attached to an aromatic ring is 1. The molecule has 0 saturated carbocycles. The largest absolute Gasteiger partial charge is 0.382 e. The highest BCUT2D eigenvalue weighted by Gasteiger charge is 2.15. The van der Waals surface area contributed by atoms with E-state index in [-0.39, 0.29) is 23.5 Å². The van der Waals surface area contributed by atoms with Gasteiger partial charge in [0.1, 0.15) is 0 Å². The number of nitrogens with zero attached hydrogens (tertiary/aromatic N) is 2. The molecule has 104 valence electrons. The minimum absolute atomic E-state index is 0.125. The van der Waals surface area contributed by atoms with Gasteiger partial charge in [0.2, 0.25) is 0 Å². The molecule has 0 saturated heterocycles. The Labute approximate surface area is 122 Å². The molecule has 3 N–H and O–H groups in total. The average molecular weight is 288 g/mol. The normalized spacial score (nSPS) is 11.9. The lowest BCUT2D eigenvalue weighted by atomic mass is 10.1. The van der Waals surface area contributed by atoms with Gasteiger partial charge in [0.05, 0.1) is 6.04 Å². The van der Waals surface area contributed by atoms with Crippen LogP contribution in [0.3, 0.4) is 0 Å². The highest BCUT2D eigenvalue weighted by molar-refractivity contribution is 7.98. The van der Waals surface area contributed by atoms with Crippen LogP contribution in [0.2, 0.25) is 0 Å². The molecule has 6 heteroatoms. The molecule has 0 spiro atoms. The Bertz CT molecular complexity index is 600. The topological polar surface area (TPSA) is 80.9 Å². The van der Waals surface area contributed by atoms with Gasteiger partial charge in [0.25, 0.3) is 5.91 Å². The molecule has 2 rings (SSSR count). The van der Waals surface area contributed by atoms with Crippen molar-refractivity contribution in [3.05, 3.63) is 47.9 Å². The minimum Gasteiger partial charge on any atom is -0.382 e. The van der Waals surface area contributed by atoms with E-state index < -0.39 is 0 Å². The number of amides is 1. The zero-order valence-electron chi connectivity index (χ0n) is 11.3. The third kappa shape index (κ3) is 3.27. The Kier molecular flexibility index (Phi) is 4.57. The first-order valence-electron chi connectivity index (χ1n) is 6.13. The van der Waals surface area contributed by atoms with Crippen molar-refractivity contribution in [2.45, 2.75) is 17.9 Å². The Morgan fingerprint density at radius 3 is 2.50 bits per heavy atom. The molecular weight excluding hydrogens is 272 g/mol. The van der Waals surface area contributed by atoms with Gasteiger partial charge in [-0.05, 0) is 30.9 Å². The van der Waals surface area contributed by atoms with E-state index in [2.05, 4.69) is 15.3 Å². The van der Waals surface area contributed by atoms with Crippen LogP contribution < -0.4 is 11.1 Å². The summed E-state index contributed by atoms with van der Waals surface area (Å²) in [7, 11) is 0. The number of carbonyl (C=O) groups is 1. The summed E-state index contributed by atoms with van der Waals surface area (Å²) in [6, 6.07) is 7.92. The number of rotatable bonds is 4. The van der Waals surface area contributed by atoms with Crippen molar-refractivity contribution in [3.8, 4) is 0 Å². The van der Waals surface area contributed by atoms with Crippen LogP contribution in [-0.2, 0) is 0 Å². The van der Waals surface area contributed by atoms with E-state index in [1.165, 1.54) is 17.3 Å². The van der Waals surface area contributed by atoms with Crippen molar-refractivity contribution < 1.29 is 4.79 Å². The minimum atomic E-state index is -0.322. The summed E-state index contributed by atoms with van der Waals surface area (Å²) in [6.45, 7) is 1.92. The van der Waals surface area contributed by atoms with Crippen LogP contribution in [-0.4, -0.2) is 22.1 Å². The summed E-state index contributed by atoms with van der Waals surface area (Å²) in [5.74, 6) is -0.188. The number of benzene rings is 1. The van der Waals surface area contributed by atoms with Crippen molar-refractivity contribution in [1.29, 1.82) is 0 Å². The fraction of sp³-hybridized carbons (Fsp3) is 0.214. The SMILES string of the molecule is CSc1ccc([C@H](C)NC(=O)c2nccnc2N)cc1. The van der Waals surface area contributed by atoms with E-state index in [9.17, 15) is 4.79 Å². The molecule has 1 amide bonds. The monoisotopic (exact) mass is 288 g/mol. The Hall–Kier alpha value is -2.08. The quantitative estimate of drug-likeness (QED) is 0.844. The smallest absolute Gasteiger partial charge is 0.274 e. The second kappa shape index (κ2) is 6.38. The lowest BCUT2D eigenvalue weighted by Gasteiger charge is -2.14. The van der Waals surface area contributed by atoms with Crippen LogP contribution in [0.25, 0.3) is 0 Å². The second-order valence-electron chi connectivity index (χ2n) is 4.26. The number of nitrogens with two attached hydrogens (primary N) is 1. The zero-order valence-corrected chi connectivity index (χ0v) is 12.1. The molecule has 0 aliphatic carbocycles. The highest BCUT2D eigenvalue weighted by atomic mass is 32.2. The van der Waals surface area contributed by atoms with E-state index in [0.29, 0.717) is 0 Å². The summed E-state index contributed by atoms with van der Waals surface area (Å²) in [5.41, 5.74) is 6.82. The number of aromatic nitrogens is 2. The number of thioether (sulfide) groups is 1. The first-order chi connectivity index (χ1) is 9.61. The maximum atomic E-state index is 12.1. The number of hydrogen-bond acceptors (Lipinski definition) is 5. The van der Waals surface area contributed by atoms with Gasteiger partial charge in [-0.3, -0.25) is 4.79 Å². The van der Waals surface area contributed by atoms with Gasteiger partial charge >= 0.3 is 0 Å².